The van der Waals surface area contributed by atoms with E-state index in [0.29, 0.717) is 11.4 Å². The van der Waals surface area contributed by atoms with Crippen molar-refractivity contribution in [1.82, 2.24) is 15.6 Å². The van der Waals surface area contributed by atoms with Gasteiger partial charge in [0.05, 0.1) is 0 Å². The van der Waals surface area contributed by atoms with Crippen LogP contribution < -0.4 is 15.5 Å². The molecule has 0 aromatic carbocycles. The number of nitrogens with zero attached hydrogens (tertiary/aromatic N) is 2. The number of carbonyl (C=O) groups excluding carboxylic acids is 3. The molecule has 1 aliphatic rings. The van der Waals surface area contributed by atoms with Crippen molar-refractivity contribution in [3.63, 3.8) is 0 Å². The standard InChI is InChI=1S/C14H18N4O4/c1-15-14(21)17-11(19)9-22-13(20)10-5-4-6-16-12(10)18-7-2-3-8-18/h4-6H,2-3,7-9H2,1H3,(H2,15,17,19,21). The maximum Gasteiger partial charge on any atom is 0.342 e. The van der Waals surface area contributed by atoms with E-state index < -0.39 is 24.5 Å². The van der Waals surface area contributed by atoms with Gasteiger partial charge in [-0.05, 0) is 25.0 Å². The van der Waals surface area contributed by atoms with E-state index in [1.165, 1.54) is 7.05 Å². The second-order valence-electron chi connectivity index (χ2n) is 4.77. The lowest BCUT2D eigenvalue weighted by Crippen LogP contribution is -2.39. The Balaban J connectivity index is 1.98. The molecule has 1 fully saturated rings. The van der Waals surface area contributed by atoms with Crippen LogP contribution in [-0.4, -0.2) is 49.6 Å². The average molecular weight is 306 g/mol. The fraction of sp³-hybridized carbons (Fsp3) is 0.429. The van der Waals surface area contributed by atoms with Crippen LogP contribution in [0.2, 0.25) is 0 Å². The quantitative estimate of drug-likeness (QED) is 0.776. The summed E-state index contributed by atoms with van der Waals surface area (Å²) in [5.41, 5.74) is 0.317. The maximum absolute atomic E-state index is 12.1. The molecular weight excluding hydrogens is 288 g/mol. The van der Waals surface area contributed by atoms with E-state index in [4.69, 9.17) is 4.74 Å². The molecule has 1 aromatic rings. The Morgan fingerprint density at radius 3 is 2.73 bits per heavy atom. The number of ether oxygens (including phenoxy) is 1. The topological polar surface area (TPSA) is 101 Å². The van der Waals surface area contributed by atoms with E-state index in [0.717, 1.165) is 25.9 Å². The van der Waals surface area contributed by atoms with Gasteiger partial charge in [0.25, 0.3) is 5.91 Å². The number of hydrogen-bond donors (Lipinski definition) is 2. The van der Waals surface area contributed by atoms with Crippen molar-refractivity contribution in [2.45, 2.75) is 12.8 Å². The summed E-state index contributed by atoms with van der Waals surface area (Å²) in [5, 5.41) is 4.25. The molecule has 118 valence electrons. The largest absolute Gasteiger partial charge is 0.452 e. The van der Waals surface area contributed by atoms with E-state index in [-0.39, 0.29) is 0 Å². The Morgan fingerprint density at radius 2 is 2.05 bits per heavy atom. The molecule has 0 atom stereocenters. The molecule has 1 aromatic heterocycles. The predicted octanol–water partition coefficient (Wildman–Crippen LogP) is 0.294. The molecule has 3 amide bonds. The number of aromatic nitrogens is 1. The van der Waals surface area contributed by atoms with Crippen LogP contribution in [0.15, 0.2) is 18.3 Å². The monoisotopic (exact) mass is 306 g/mol. The lowest BCUT2D eigenvalue weighted by Gasteiger charge is -2.18. The van der Waals surface area contributed by atoms with E-state index in [1.54, 1.807) is 18.3 Å². The number of rotatable bonds is 4. The van der Waals surface area contributed by atoms with Gasteiger partial charge in [0.1, 0.15) is 11.4 Å². The van der Waals surface area contributed by atoms with Gasteiger partial charge in [-0.2, -0.15) is 0 Å². The van der Waals surface area contributed by atoms with Gasteiger partial charge < -0.3 is 15.0 Å². The summed E-state index contributed by atoms with van der Waals surface area (Å²) in [6, 6.07) is 2.60. The van der Waals surface area contributed by atoms with Gasteiger partial charge in [0, 0.05) is 26.3 Å². The van der Waals surface area contributed by atoms with Crippen LogP contribution in [0.3, 0.4) is 0 Å². The number of imide groups is 1. The van der Waals surface area contributed by atoms with Crippen molar-refractivity contribution in [2.24, 2.45) is 0 Å². The highest BCUT2D eigenvalue weighted by Gasteiger charge is 2.22. The summed E-state index contributed by atoms with van der Waals surface area (Å²) < 4.78 is 4.94. The summed E-state index contributed by atoms with van der Waals surface area (Å²) >= 11 is 0. The number of carbonyl (C=O) groups is 3. The molecule has 8 heteroatoms. The number of nitrogens with one attached hydrogen (secondary N) is 2. The molecule has 0 saturated carbocycles. The molecule has 0 bridgehead atoms. The molecule has 0 unspecified atom stereocenters. The Labute approximate surface area is 127 Å². The van der Waals surface area contributed by atoms with E-state index in [2.05, 4.69) is 10.3 Å². The molecule has 2 heterocycles. The number of anilines is 1. The van der Waals surface area contributed by atoms with Crippen LogP contribution in [0, 0.1) is 0 Å². The first-order chi connectivity index (χ1) is 10.6. The summed E-state index contributed by atoms with van der Waals surface area (Å²) in [6.07, 6.45) is 3.72. The Bertz CT molecular complexity index is 570. The van der Waals surface area contributed by atoms with Gasteiger partial charge in [-0.1, -0.05) is 0 Å². The minimum absolute atomic E-state index is 0.317. The lowest BCUT2D eigenvalue weighted by atomic mass is 10.2. The number of hydrogen-bond acceptors (Lipinski definition) is 6. The van der Waals surface area contributed by atoms with Crippen molar-refractivity contribution in [2.75, 3.05) is 31.6 Å². The second-order valence-corrected chi connectivity index (χ2v) is 4.77. The van der Waals surface area contributed by atoms with Gasteiger partial charge in [0.15, 0.2) is 6.61 Å². The first-order valence-electron chi connectivity index (χ1n) is 7.00. The van der Waals surface area contributed by atoms with Crippen molar-refractivity contribution < 1.29 is 19.1 Å². The van der Waals surface area contributed by atoms with Gasteiger partial charge in [-0.3, -0.25) is 10.1 Å². The van der Waals surface area contributed by atoms with Gasteiger partial charge in [-0.15, -0.1) is 0 Å². The van der Waals surface area contributed by atoms with Crippen LogP contribution in [0.1, 0.15) is 23.2 Å². The van der Waals surface area contributed by atoms with Crippen LogP contribution in [0.4, 0.5) is 10.6 Å². The third-order valence-electron chi connectivity index (χ3n) is 3.23. The Kier molecular flexibility index (Phi) is 5.29. The van der Waals surface area contributed by atoms with E-state index in [9.17, 15) is 14.4 Å². The third-order valence-corrected chi connectivity index (χ3v) is 3.23. The molecule has 2 rings (SSSR count). The summed E-state index contributed by atoms with van der Waals surface area (Å²) in [5.74, 6) is -0.766. The predicted molar refractivity (Wildman–Crippen MR) is 78.6 cm³/mol. The number of urea groups is 1. The highest BCUT2D eigenvalue weighted by atomic mass is 16.5. The van der Waals surface area contributed by atoms with Crippen LogP contribution in [0.5, 0.6) is 0 Å². The minimum atomic E-state index is -0.695. The SMILES string of the molecule is CNC(=O)NC(=O)COC(=O)c1cccnc1N1CCCC1. The molecule has 22 heavy (non-hydrogen) atoms. The Hall–Kier alpha value is -2.64. The smallest absolute Gasteiger partial charge is 0.342 e. The zero-order valence-electron chi connectivity index (χ0n) is 12.3. The highest BCUT2D eigenvalue weighted by molar-refractivity contribution is 5.98. The summed E-state index contributed by atoms with van der Waals surface area (Å²) in [7, 11) is 1.38. The minimum Gasteiger partial charge on any atom is -0.452 e. The highest BCUT2D eigenvalue weighted by Crippen LogP contribution is 2.22. The number of amides is 3. The molecule has 0 spiro atoms. The first kappa shape index (κ1) is 15.7. The third kappa shape index (κ3) is 3.94. The van der Waals surface area contributed by atoms with Crippen LogP contribution >= 0.6 is 0 Å². The maximum atomic E-state index is 12.1. The molecule has 8 nitrogen and oxygen atoms in total. The van der Waals surface area contributed by atoms with Gasteiger partial charge in [0.2, 0.25) is 0 Å². The molecule has 0 radical (unpaired) electrons. The van der Waals surface area contributed by atoms with Crippen LogP contribution in [-0.2, 0) is 9.53 Å². The zero-order valence-corrected chi connectivity index (χ0v) is 12.3. The average Bonchev–Trinajstić information content (AvgIpc) is 3.06. The van der Waals surface area contributed by atoms with E-state index >= 15 is 0 Å². The summed E-state index contributed by atoms with van der Waals surface area (Å²) in [6.45, 7) is 1.16. The molecule has 2 N–H and O–H groups in total. The Morgan fingerprint density at radius 1 is 1.32 bits per heavy atom. The van der Waals surface area contributed by atoms with Crippen LogP contribution in [0.25, 0.3) is 0 Å². The molecular formula is C14H18N4O4. The van der Waals surface area contributed by atoms with Gasteiger partial charge in [-0.25, -0.2) is 14.6 Å². The molecule has 1 saturated heterocycles. The van der Waals surface area contributed by atoms with Crippen molar-refractivity contribution in [1.29, 1.82) is 0 Å². The van der Waals surface area contributed by atoms with Crippen molar-refractivity contribution >= 4 is 23.7 Å². The first-order valence-corrected chi connectivity index (χ1v) is 7.00. The van der Waals surface area contributed by atoms with Crippen molar-refractivity contribution in [3.05, 3.63) is 23.9 Å². The fourth-order valence-corrected chi connectivity index (χ4v) is 2.17. The summed E-state index contributed by atoms with van der Waals surface area (Å²) in [4.78, 5) is 40.7. The zero-order chi connectivity index (χ0) is 15.9. The fourth-order valence-electron chi connectivity index (χ4n) is 2.17. The van der Waals surface area contributed by atoms with Crippen molar-refractivity contribution in [3.8, 4) is 0 Å². The van der Waals surface area contributed by atoms with E-state index in [1.807, 2.05) is 10.2 Å². The molecule has 1 aliphatic heterocycles. The lowest BCUT2D eigenvalue weighted by molar-refractivity contribution is -0.123. The number of esters is 1. The number of pyridine rings is 1. The second kappa shape index (κ2) is 7.39. The van der Waals surface area contributed by atoms with Gasteiger partial charge >= 0.3 is 12.0 Å². The molecule has 0 aliphatic carbocycles. The normalized spacial score (nSPS) is 13.6.